The summed E-state index contributed by atoms with van der Waals surface area (Å²) in [4.78, 5) is 22.0. The van der Waals surface area contributed by atoms with E-state index in [0.29, 0.717) is 24.9 Å². The summed E-state index contributed by atoms with van der Waals surface area (Å²) in [7, 11) is -3.47. The van der Waals surface area contributed by atoms with E-state index in [4.69, 9.17) is 0 Å². The van der Waals surface area contributed by atoms with Crippen LogP contribution in [0.3, 0.4) is 0 Å². The first kappa shape index (κ1) is 24.4. The molecule has 6 nitrogen and oxygen atoms in total. The van der Waals surface area contributed by atoms with Gasteiger partial charge in [0.25, 0.3) is 0 Å². The molecule has 0 bridgehead atoms. The maximum absolute atomic E-state index is 14.5. The first-order chi connectivity index (χ1) is 17.3. The van der Waals surface area contributed by atoms with E-state index in [1.54, 1.807) is 0 Å². The van der Waals surface area contributed by atoms with E-state index in [2.05, 4.69) is 34.1 Å². The van der Waals surface area contributed by atoms with Crippen molar-refractivity contribution in [2.24, 2.45) is 5.92 Å². The van der Waals surface area contributed by atoms with E-state index >= 15 is 0 Å². The quantitative estimate of drug-likeness (QED) is 0.496. The van der Waals surface area contributed by atoms with Gasteiger partial charge in [0.15, 0.2) is 9.84 Å². The minimum absolute atomic E-state index is 0.0425. The smallest absolute Gasteiger partial charge is 0.226 e. The van der Waals surface area contributed by atoms with Crippen molar-refractivity contribution in [3.05, 3.63) is 78.2 Å². The normalized spacial score (nSPS) is 19.2. The number of sulfone groups is 1. The highest BCUT2D eigenvalue weighted by atomic mass is 32.2. The number of carbonyl (C=O) groups excluding carboxylic acids is 1. The fraction of sp³-hybridized carbons (Fsp3) is 0.357. The predicted octanol–water partition coefficient (Wildman–Crippen LogP) is 4.35. The van der Waals surface area contributed by atoms with Gasteiger partial charge in [-0.3, -0.25) is 4.79 Å². The van der Waals surface area contributed by atoms with Crippen LogP contribution in [0.5, 0.6) is 0 Å². The molecule has 0 spiro atoms. The molecule has 3 heterocycles. The van der Waals surface area contributed by atoms with Crippen molar-refractivity contribution < 1.29 is 17.6 Å². The van der Waals surface area contributed by atoms with Crippen LogP contribution in [0, 0.1) is 11.7 Å². The third kappa shape index (κ3) is 5.14. The van der Waals surface area contributed by atoms with Crippen molar-refractivity contribution in [3.8, 4) is 11.1 Å². The van der Waals surface area contributed by atoms with Crippen molar-refractivity contribution in [1.29, 1.82) is 0 Å². The molecule has 5 rings (SSSR count). The fourth-order valence-electron chi connectivity index (χ4n) is 5.29. The molecule has 2 saturated heterocycles. The molecule has 2 aromatic carbocycles. The lowest BCUT2D eigenvalue weighted by atomic mass is 9.97. The maximum Gasteiger partial charge on any atom is 0.226 e. The van der Waals surface area contributed by atoms with Gasteiger partial charge in [-0.25, -0.2) is 17.8 Å². The van der Waals surface area contributed by atoms with Gasteiger partial charge in [0.2, 0.25) is 5.91 Å². The molecular weight excluding hydrogens is 477 g/mol. The van der Waals surface area contributed by atoms with E-state index in [9.17, 15) is 17.6 Å². The Morgan fingerprint density at radius 1 is 0.944 bits per heavy atom. The summed E-state index contributed by atoms with van der Waals surface area (Å²) >= 11 is 0. The van der Waals surface area contributed by atoms with Crippen LogP contribution in [0.25, 0.3) is 11.1 Å². The lowest BCUT2D eigenvalue weighted by Crippen LogP contribution is -2.46. The number of pyridine rings is 1. The Bertz CT molecular complexity index is 1340. The molecule has 0 aliphatic carbocycles. The van der Waals surface area contributed by atoms with Gasteiger partial charge in [-0.15, -0.1) is 0 Å². The molecule has 0 saturated carbocycles. The van der Waals surface area contributed by atoms with Crippen LogP contribution >= 0.6 is 0 Å². The van der Waals surface area contributed by atoms with Gasteiger partial charge in [-0.1, -0.05) is 36.4 Å². The summed E-state index contributed by atoms with van der Waals surface area (Å²) in [5, 5.41) is 0. The number of piperidine rings is 1. The Labute approximate surface area is 211 Å². The monoisotopic (exact) mass is 507 g/mol. The molecule has 2 aliphatic rings. The summed E-state index contributed by atoms with van der Waals surface area (Å²) in [5.74, 6) is 0.189. The van der Waals surface area contributed by atoms with Crippen molar-refractivity contribution >= 4 is 21.6 Å². The lowest BCUT2D eigenvalue weighted by molar-refractivity contribution is -0.133. The Kier molecular flexibility index (Phi) is 6.79. The number of halogens is 1. The van der Waals surface area contributed by atoms with Crippen LogP contribution in [-0.2, 0) is 21.1 Å². The minimum atomic E-state index is -3.47. The Balaban J connectivity index is 1.17. The first-order valence-corrected chi connectivity index (χ1v) is 14.2. The van der Waals surface area contributed by atoms with Crippen molar-refractivity contribution in [2.45, 2.75) is 36.6 Å². The van der Waals surface area contributed by atoms with E-state index in [-0.39, 0.29) is 22.8 Å². The molecule has 36 heavy (non-hydrogen) atoms. The summed E-state index contributed by atoms with van der Waals surface area (Å²) in [6, 6.07) is 18.5. The molecule has 0 N–H and O–H groups in total. The lowest BCUT2D eigenvalue weighted by Gasteiger charge is -2.37. The summed E-state index contributed by atoms with van der Waals surface area (Å²) < 4.78 is 37.9. The minimum Gasteiger partial charge on any atom is -0.356 e. The number of amides is 1. The second kappa shape index (κ2) is 10.0. The average molecular weight is 508 g/mol. The van der Waals surface area contributed by atoms with Gasteiger partial charge in [0, 0.05) is 49.6 Å². The molecule has 1 amide bonds. The number of likely N-dealkylation sites (tertiary alicyclic amines) is 1. The highest BCUT2D eigenvalue weighted by Crippen LogP contribution is 2.30. The maximum atomic E-state index is 14.5. The molecule has 3 aromatic rings. The zero-order valence-corrected chi connectivity index (χ0v) is 21.1. The second-order valence-electron chi connectivity index (χ2n) is 9.74. The van der Waals surface area contributed by atoms with Crippen LogP contribution in [0.1, 0.15) is 24.8 Å². The number of aromatic nitrogens is 1. The number of carbonyl (C=O) groups is 1. The number of rotatable bonds is 6. The van der Waals surface area contributed by atoms with E-state index in [1.807, 2.05) is 29.3 Å². The van der Waals surface area contributed by atoms with Crippen molar-refractivity contribution in [2.75, 3.05) is 30.8 Å². The van der Waals surface area contributed by atoms with Gasteiger partial charge in [0.05, 0.1) is 4.90 Å². The second-order valence-corrected chi connectivity index (χ2v) is 11.8. The van der Waals surface area contributed by atoms with E-state index in [1.165, 1.54) is 12.1 Å². The van der Waals surface area contributed by atoms with E-state index in [0.717, 1.165) is 55.2 Å². The number of nitrogens with zero attached hydrogens (tertiary/aromatic N) is 3. The highest BCUT2D eigenvalue weighted by Gasteiger charge is 2.37. The highest BCUT2D eigenvalue weighted by molar-refractivity contribution is 7.90. The topological polar surface area (TPSA) is 70.6 Å². The molecule has 1 unspecified atom stereocenters. The van der Waals surface area contributed by atoms with Gasteiger partial charge in [-0.05, 0) is 61.1 Å². The van der Waals surface area contributed by atoms with Crippen molar-refractivity contribution in [1.82, 2.24) is 9.88 Å². The van der Waals surface area contributed by atoms with Gasteiger partial charge in [0.1, 0.15) is 11.6 Å². The molecule has 2 fully saturated rings. The standard InChI is InChI=1S/C28H30FN3O3S/c1-36(34,35)25-9-7-21(26(29)18-25)17-22-11-16-32(28(22)33)24-12-14-31(15-13-24)27-10-8-23(19-30-27)20-5-3-2-4-6-20/h2-10,18-19,22,24H,11-17H2,1H3. The Hall–Kier alpha value is -3.26. The molecule has 1 atom stereocenters. The summed E-state index contributed by atoms with van der Waals surface area (Å²) in [5.41, 5.74) is 2.62. The predicted molar refractivity (Wildman–Crippen MR) is 138 cm³/mol. The van der Waals surface area contributed by atoms with Crippen LogP contribution < -0.4 is 4.90 Å². The molecular formula is C28H30FN3O3S. The van der Waals surface area contributed by atoms with Crippen LogP contribution in [-0.4, -0.2) is 56.1 Å². The van der Waals surface area contributed by atoms with Gasteiger partial charge in [-0.2, -0.15) is 0 Å². The molecule has 1 aromatic heterocycles. The van der Waals surface area contributed by atoms with E-state index < -0.39 is 15.7 Å². The fourth-order valence-corrected chi connectivity index (χ4v) is 5.92. The summed E-state index contributed by atoms with van der Waals surface area (Å²) in [6.45, 7) is 2.35. The number of benzene rings is 2. The largest absolute Gasteiger partial charge is 0.356 e. The average Bonchev–Trinajstić information content (AvgIpc) is 3.25. The third-order valence-electron chi connectivity index (χ3n) is 7.35. The van der Waals surface area contributed by atoms with Crippen LogP contribution in [0.15, 0.2) is 71.8 Å². The third-order valence-corrected chi connectivity index (χ3v) is 8.46. The van der Waals surface area contributed by atoms with Crippen LogP contribution in [0.4, 0.5) is 10.2 Å². The zero-order chi connectivity index (χ0) is 25.3. The first-order valence-electron chi connectivity index (χ1n) is 12.3. The molecule has 8 heteroatoms. The molecule has 2 aliphatic heterocycles. The number of hydrogen-bond acceptors (Lipinski definition) is 5. The number of hydrogen-bond donors (Lipinski definition) is 0. The number of anilines is 1. The van der Waals surface area contributed by atoms with Gasteiger partial charge < -0.3 is 9.80 Å². The van der Waals surface area contributed by atoms with Crippen molar-refractivity contribution in [3.63, 3.8) is 0 Å². The Morgan fingerprint density at radius 3 is 2.33 bits per heavy atom. The van der Waals surface area contributed by atoms with Gasteiger partial charge >= 0.3 is 0 Å². The van der Waals surface area contributed by atoms with Crippen LogP contribution in [0.2, 0.25) is 0 Å². The molecule has 0 radical (unpaired) electrons. The summed E-state index contributed by atoms with van der Waals surface area (Å²) in [6.07, 6.45) is 5.69. The molecule has 188 valence electrons. The zero-order valence-electron chi connectivity index (χ0n) is 20.3. The SMILES string of the molecule is CS(=O)(=O)c1ccc(CC2CCN(C3CCN(c4ccc(-c5ccccc5)cn4)CC3)C2=O)c(F)c1. The Morgan fingerprint density at radius 2 is 1.69 bits per heavy atom.